The van der Waals surface area contributed by atoms with Crippen LogP contribution in [0.2, 0.25) is 0 Å². The lowest BCUT2D eigenvalue weighted by molar-refractivity contribution is -0.147. The molecule has 0 fully saturated rings. The van der Waals surface area contributed by atoms with Crippen LogP contribution in [0.3, 0.4) is 0 Å². The maximum absolute atomic E-state index is 12.3. The molecule has 3 aromatic rings. The number of para-hydroxylation sites is 1. The number of nitrogens with zero attached hydrogens (tertiary/aromatic N) is 2. The molecule has 9 nitrogen and oxygen atoms in total. The second-order valence-electron chi connectivity index (χ2n) is 7.89. The highest BCUT2D eigenvalue weighted by Gasteiger charge is 2.16. The molecule has 2 N–H and O–H groups in total. The van der Waals surface area contributed by atoms with Gasteiger partial charge in [0.2, 0.25) is 5.91 Å². The number of anilines is 1. The summed E-state index contributed by atoms with van der Waals surface area (Å²) in [4.78, 5) is 48.2. The summed E-state index contributed by atoms with van der Waals surface area (Å²) in [5.41, 5.74) is 3.37. The van der Waals surface area contributed by atoms with Crippen molar-refractivity contribution in [3.05, 3.63) is 77.6 Å². The molecule has 0 aliphatic rings. The monoisotopic (exact) mass is 476 g/mol. The SMILES string of the molecule is Cc1nn(-c2ccccc2)c(C)c1NC(=O)COC(=O)CCNC(=O)CCC(=O)c1ccccc1. The van der Waals surface area contributed by atoms with Crippen LogP contribution in [-0.2, 0) is 19.1 Å². The fraction of sp³-hybridized carbons (Fsp3) is 0.269. The first-order valence-corrected chi connectivity index (χ1v) is 11.3. The van der Waals surface area contributed by atoms with E-state index in [-0.39, 0.29) is 37.5 Å². The van der Waals surface area contributed by atoms with Crippen LogP contribution in [0, 0.1) is 13.8 Å². The second-order valence-corrected chi connectivity index (χ2v) is 7.89. The molecule has 9 heteroatoms. The van der Waals surface area contributed by atoms with Crippen LogP contribution in [-0.4, -0.2) is 46.5 Å². The minimum atomic E-state index is -0.616. The molecule has 0 spiro atoms. The van der Waals surface area contributed by atoms with Crippen LogP contribution < -0.4 is 10.6 Å². The Morgan fingerprint density at radius 3 is 2.20 bits per heavy atom. The number of aryl methyl sites for hydroxylation is 1. The van der Waals surface area contributed by atoms with E-state index >= 15 is 0 Å². The van der Waals surface area contributed by atoms with Crippen molar-refractivity contribution >= 4 is 29.3 Å². The number of carbonyl (C=O) groups excluding carboxylic acids is 4. The largest absolute Gasteiger partial charge is 0.456 e. The first-order valence-electron chi connectivity index (χ1n) is 11.3. The summed E-state index contributed by atoms with van der Waals surface area (Å²) in [7, 11) is 0. The van der Waals surface area contributed by atoms with Crippen molar-refractivity contribution in [3.8, 4) is 5.69 Å². The Balaban J connectivity index is 1.36. The van der Waals surface area contributed by atoms with Gasteiger partial charge in [0, 0.05) is 24.9 Å². The molecular formula is C26H28N4O5. The van der Waals surface area contributed by atoms with Crippen molar-refractivity contribution in [2.24, 2.45) is 0 Å². The fourth-order valence-corrected chi connectivity index (χ4v) is 3.43. The number of esters is 1. The first-order chi connectivity index (χ1) is 16.8. The van der Waals surface area contributed by atoms with E-state index in [0.717, 1.165) is 11.4 Å². The molecule has 1 heterocycles. The molecule has 2 amide bonds. The molecule has 182 valence electrons. The van der Waals surface area contributed by atoms with Crippen LogP contribution in [0.15, 0.2) is 60.7 Å². The number of rotatable bonds is 11. The predicted octanol–water partition coefficient (Wildman–Crippen LogP) is 3.14. The van der Waals surface area contributed by atoms with Gasteiger partial charge in [-0.25, -0.2) is 4.68 Å². The third-order valence-corrected chi connectivity index (χ3v) is 5.25. The number of nitrogens with one attached hydrogen (secondary N) is 2. The van der Waals surface area contributed by atoms with Crippen molar-refractivity contribution < 1.29 is 23.9 Å². The minimum Gasteiger partial charge on any atom is -0.456 e. The number of benzene rings is 2. The van der Waals surface area contributed by atoms with E-state index < -0.39 is 18.5 Å². The molecule has 0 bridgehead atoms. The van der Waals surface area contributed by atoms with E-state index in [1.54, 1.807) is 35.9 Å². The Kier molecular flexibility index (Phi) is 8.89. The van der Waals surface area contributed by atoms with Gasteiger partial charge < -0.3 is 15.4 Å². The number of carbonyl (C=O) groups is 4. The highest BCUT2D eigenvalue weighted by Crippen LogP contribution is 2.22. The molecule has 0 atom stereocenters. The van der Waals surface area contributed by atoms with Crippen LogP contribution in [0.4, 0.5) is 5.69 Å². The lowest BCUT2D eigenvalue weighted by Crippen LogP contribution is -2.28. The van der Waals surface area contributed by atoms with E-state index in [1.165, 1.54) is 0 Å². The molecule has 0 radical (unpaired) electrons. The van der Waals surface area contributed by atoms with Crippen molar-refractivity contribution in [1.82, 2.24) is 15.1 Å². The Morgan fingerprint density at radius 2 is 1.51 bits per heavy atom. The molecule has 0 unspecified atom stereocenters. The average molecular weight is 477 g/mol. The highest BCUT2D eigenvalue weighted by atomic mass is 16.5. The lowest BCUT2D eigenvalue weighted by Gasteiger charge is -2.08. The van der Waals surface area contributed by atoms with Gasteiger partial charge in [0.05, 0.1) is 29.2 Å². The molecule has 2 aromatic carbocycles. The number of ketones is 1. The summed E-state index contributed by atoms with van der Waals surface area (Å²) in [6.45, 7) is 3.23. The van der Waals surface area contributed by atoms with E-state index in [9.17, 15) is 19.2 Å². The maximum atomic E-state index is 12.3. The summed E-state index contributed by atoms with van der Waals surface area (Å²) in [6.07, 6.45) is 0.0242. The molecular weight excluding hydrogens is 448 g/mol. The highest BCUT2D eigenvalue weighted by molar-refractivity contribution is 5.98. The quantitative estimate of drug-likeness (QED) is 0.324. The van der Waals surface area contributed by atoms with Crippen LogP contribution in [0.25, 0.3) is 5.69 Å². The second kappa shape index (κ2) is 12.3. The number of hydrogen-bond acceptors (Lipinski definition) is 6. The lowest BCUT2D eigenvalue weighted by atomic mass is 10.1. The number of aromatic nitrogens is 2. The van der Waals surface area contributed by atoms with Gasteiger partial charge in [-0.3, -0.25) is 19.2 Å². The molecule has 0 saturated heterocycles. The molecule has 3 rings (SSSR count). The Bertz CT molecular complexity index is 1190. The first kappa shape index (κ1) is 25.4. The standard InChI is InChI=1S/C26H28N4O5/c1-18-26(19(2)30(29-18)21-11-7-4-8-12-21)28-24(33)17-35-25(34)15-16-27-23(32)14-13-22(31)20-9-5-3-6-10-20/h3-12H,13-17H2,1-2H3,(H,27,32)(H,28,33). The minimum absolute atomic E-state index is 0.0283. The summed E-state index contributed by atoms with van der Waals surface area (Å²) in [5.74, 6) is -1.55. The van der Waals surface area contributed by atoms with Crippen molar-refractivity contribution in [2.75, 3.05) is 18.5 Å². The Labute approximate surface area is 203 Å². The zero-order valence-electron chi connectivity index (χ0n) is 19.7. The molecule has 0 saturated carbocycles. The third-order valence-electron chi connectivity index (χ3n) is 5.25. The Hall–Kier alpha value is -4.27. The van der Waals surface area contributed by atoms with Crippen molar-refractivity contribution in [2.45, 2.75) is 33.1 Å². The van der Waals surface area contributed by atoms with Gasteiger partial charge in [-0.1, -0.05) is 48.5 Å². The fourth-order valence-electron chi connectivity index (χ4n) is 3.43. The summed E-state index contributed by atoms with van der Waals surface area (Å²) in [6, 6.07) is 18.3. The van der Waals surface area contributed by atoms with Crippen molar-refractivity contribution in [3.63, 3.8) is 0 Å². The van der Waals surface area contributed by atoms with E-state index in [0.29, 0.717) is 16.9 Å². The van der Waals surface area contributed by atoms with E-state index in [1.807, 2.05) is 43.3 Å². The van der Waals surface area contributed by atoms with Gasteiger partial charge in [-0.2, -0.15) is 5.10 Å². The predicted molar refractivity (Wildman–Crippen MR) is 130 cm³/mol. The van der Waals surface area contributed by atoms with Gasteiger partial charge in [-0.05, 0) is 26.0 Å². The summed E-state index contributed by atoms with van der Waals surface area (Å²) < 4.78 is 6.73. The van der Waals surface area contributed by atoms with Crippen LogP contribution in [0.1, 0.15) is 41.0 Å². The van der Waals surface area contributed by atoms with Gasteiger partial charge in [-0.15, -0.1) is 0 Å². The number of amides is 2. The third kappa shape index (κ3) is 7.36. The number of hydrogen-bond donors (Lipinski definition) is 2. The number of ether oxygens (including phenoxy) is 1. The van der Waals surface area contributed by atoms with Gasteiger partial charge >= 0.3 is 5.97 Å². The molecule has 0 aliphatic heterocycles. The van der Waals surface area contributed by atoms with Crippen molar-refractivity contribution in [1.29, 1.82) is 0 Å². The molecule has 35 heavy (non-hydrogen) atoms. The topological polar surface area (TPSA) is 119 Å². The maximum Gasteiger partial charge on any atom is 0.308 e. The van der Waals surface area contributed by atoms with Gasteiger partial charge in [0.15, 0.2) is 12.4 Å². The molecule has 0 aliphatic carbocycles. The number of Topliss-reactive ketones (excluding diaryl/α,β-unsaturated/α-hetero) is 1. The summed E-state index contributed by atoms with van der Waals surface area (Å²) >= 11 is 0. The van der Waals surface area contributed by atoms with Gasteiger partial charge in [0.25, 0.3) is 5.91 Å². The van der Waals surface area contributed by atoms with Crippen LogP contribution in [0.5, 0.6) is 0 Å². The van der Waals surface area contributed by atoms with E-state index in [2.05, 4.69) is 15.7 Å². The zero-order valence-corrected chi connectivity index (χ0v) is 19.7. The summed E-state index contributed by atoms with van der Waals surface area (Å²) in [5, 5.41) is 9.78. The van der Waals surface area contributed by atoms with Crippen LogP contribution >= 0.6 is 0 Å². The normalized spacial score (nSPS) is 10.5. The zero-order chi connectivity index (χ0) is 25.2. The molecule has 1 aromatic heterocycles. The van der Waals surface area contributed by atoms with E-state index in [4.69, 9.17) is 4.74 Å². The smallest absolute Gasteiger partial charge is 0.308 e. The average Bonchev–Trinajstić information content (AvgIpc) is 3.15. The van der Waals surface area contributed by atoms with Gasteiger partial charge in [0.1, 0.15) is 0 Å². The Morgan fingerprint density at radius 1 is 0.857 bits per heavy atom.